The fraction of sp³-hybridized carbons (Fsp3) is 0.438. The van der Waals surface area contributed by atoms with Gasteiger partial charge in [0.05, 0.1) is 5.56 Å². The van der Waals surface area contributed by atoms with Crippen LogP contribution in [-0.4, -0.2) is 32.7 Å². The van der Waals surface area contributed by atoms with Crippen molar-refractivity contribution in [2.45, 2.75) is 46.6 Å². The second-order valence-corrected chi connectivity index (χ2v) is 5.57. The van der Waals surface area contributed by atoms with Crippen LogP contribution in [0.25, 0.3) is 5.82 Å². The number of carboxylic acids is 1. The van der Waals surface area contributed by atoms with E-state index in [1.165, 1.54) is 0 Å². The summed E-state index contributed by atoms with van der Waals surface area (Å²) in [6.45, 7) is 7.32. The maximum absolute atomic E-state index is 12.4. The van der Waals surface area contributed by atoms with E-state index >= 15 is 0 Å². The highest BCUT2D eigenvalue weighted by molar-refractivity contribution is 5.98. The first kappa shape index (κ1) is 16.8. The molecule has 23 heavy (non-hydrogen) atoms. The Bertz CT molecular complexity index is 730. The zero-order valence-corrected chi connectivity index (χ0v) is 13.7. The molecule has 2 rings (SSSR count). The quantitative estimate of drug-likeness (QED) is 0.852. The predicted octanol–water partition coefficient (Wildman–Crippen LogP) is 2.37. The summed E-state index contributed by atoms with van der Waals surface area (Å²) in [7, 11) is 0. The lowest BCUT2D eigenvalue weighted by atomic mass is 10.1. The first-order chi connectivity index (χ1) is 10.8. The van der Waals surface area contributed by atoms with Crippen molar-refractivity contribution in [3.05, 3.63) is 34.8 Å². The van der Waals surface area contributed by atoms with Crippen LogP contribution in [0.2, 0.25) is 0 Å². The number of rotatable bonds is 6. The van der Waals surface area contributed by atoms with Gasteiger partial charge in [-0.25, -0.2) is 4.79 Å². The molecule has 0 fully saturated rings. The normalized spacial score (nSPS) is 12.2. The minimum atomic E-state index is -1.03. The van der Waals surface area contributed by atoms with Gasteiger partial charge in [-0.15, -0.1) is 0 Å². The number of carbonyl (C=O) groups excluding carboxylic acids is 1. The first-order valence-corrected chi connectivity index (χ1v) is 7.51. The van der Waals surface area contributed by atoms with Crippen molar-refractivity contribution in [2.24, 2.45) is 0 Å². The molecule has 2 aromatic heterocycles. The van der Waals surface area contributed by atoms with Gasteiger partial charge in [0, 0.05) is 17.5 Å². The van der Waals surface area contributed by atoms with E-state index < -0.39 is 17.9 Å². The van der Waals surface area contributed by atoms with Crippen LogP contribution in [0.15, 0.2) is 16.7 Å². The smallest absolute Gasteiger partial charge is 0.326 e. The summed E-state index contributed by atoms with van der Waals surface area (Å²) < 4.78 is 6.88. The number of nitrogens with zero attached hydrogens (tertiary/aromatic N) is 2. The maximum atomic E-state index is 12.4. The lowest BCUT2D eigenvalue weighted by molar-refractivity contribution is -0.139. The van der Waals surface area contributed by atoms with E-state index in [4.69, 9.17) is 9.63 Å². The molecule has 7 nitrogen and oxygen atoms in total. The van der Waals surface area contributed by atoms with Crippen molar-refractivity contribution >= 4 is 11.9 Å². The van der Waals surface area contributed by atoms with Crippen LogP contribution in [-0.2, 0) is 4.79 Å². The molecule has 0 aliphatic heterocycles. The summed E-state index contributed by atoms with van der Waals surface area (Å²) >= 11 is 0. The second kappa shape index (κ2) is 6.68. The Labute approximate surface area is 134 Å². The number of aryl methyl sites for hydroxylation is 2. The largest absolute Gasteiger partial charge is 0.480 e. The van der Waals surface area contributed by atoms with Crippen molar-refractivity contribution in [2.75, 3.05) is 0 Å². The molecule has 0 aliphatic rings. The Balaban J connectivity index is 2.30. The fourth-order valence-corrected chi connectivity index (χ4v) is 2.59. The number of amides is 1. The number of carbonyl (C=O) groups is 2. The van der Waals surface area contributed by atoms with E-state index in [-0.39, 0.29) is 0 Å². The molecular weight excluding hydrogens is 298 g/mol. The van der Waals surface area contributed by atoms with E-state index in [1.807, 2.05) is 13.8 Å². The second-order valence-electron chi connectivity index (χ2n) is 5.57. The molecule has 0 saturated carbocycles. The van der Waals surface area contributed by atoms with Gasteiger partial charge in [0.25, 0.3) is 5.91 Å². The molecule has 124 valence electrons. The van der Waals surface area contributed by atoms with Gasteiger partial charge >= 0.3 is 5.97 Å². The molecule has 2 N–H and O–H groups in total. The van der Waals surface area contributed by atoms with Gasteiger partial charge in [0.1, 0.15) is 11.8 Å². The van der Waals surface area contributed by atoms with Crippen LogP contribution in [0.3, 0.4) is 0 Å². The molecular formula is C16H21N3O4. The van der Waals surface area contributed by atoms with Gasteiger partial charge in [-0.05, 0) is 33.3 Å². The monoisotopic (exact) mass is 319 g/mol. The van der Waals surface area contributed by atoms with Crippen molar-refractivity contribution in [3.63, 3.8) is 0 Å². The molecule has 0 saturated heterocycles. The van der Waals surface area contributed by atoms with Gasteiger partial charge in [-0.2, -0.15) is 0 Å². The molecule has 2 heterocycles. The van der Waals surface area contributed by atoms with Crippen LogP contribution in [0, 0.1) is 20.8 Å². The Morgan fingerprint density at radius 2 is 2.04 bits per heavy atom. The van der Waals surface area contributed by atoms with Crippen LogP contribution >= 0.6 is 0 Å². The lowest BCUT2D eigenvalue weighted by Crippen LogP contribution is -2.40. The SMILES string of the molecule is CCCC(NC(=O)c1cc(C)n(-c2cc(C)on2)c1C)C(=O)O. The Morgan fingerprint density at radius 1 is 1.35 bits per heavy atom. The molecule has 1 unspecified atom stereocenters. The molecule has 0 aliphatic carbocycles. The maximum Gasteiger partial charge on any atom is 0.326 e. The number of hydrogen-bond donors (Lipinski definition) is 2. The van der Waals surface area contributed by atoms with E-state index in [9.17, 15) is 9.59 Å². The van der Waals surface area contributed by atoms with Crippen LogP contribution in [0.4, 0.5) is 0 Å². The van der Waals surface area contributed by atoms with E-state index in [0.29, 0.717) is 35.7 Å². The average Bonchev–Trinajstić information content (AvgIpc) is 3.01. The van der Waals surface area contributed by atoms with Crippen molar-refractivity contribution in [3.8, 4) is 5.82 Å². The van der Waals surface area contributed by atoms with Gasteiger partial charge in [-0.1, -0.05) is 18.5 Å². The molecule has 0 radical (unpaired) electrons. The van der Waals surface area contributed by atoms with Crippen molar-refractivity contribution in [1.29, 1.82) is 0 Å². The third kappa shape index (κ3) is 3.44. The number of hydrogen-bond acceptors (Lipinski definition) is 4. The van der Waals surface area contributed by atoms with Gasteiger partial charge < -0.3 is 14.9 Å². The standard InChI is InChI=1S/C16H21N3O4/c1-5-6-13(16(21)22)17-15(20)12-7-9(2)19(11(12)4)14-8-10(3)23-18-14/h7-8,13H,5-6H2,1-4H3,(H,17,20)(H,21,22). The average molecular weight is 319 g/mol. The number of nitrogens with one attached hydrogen (secondary N) is 1. The number of aromatic nitrogens is 2. The minimum absolute atomic E-state index is 0.391. The molecule has 2 aromatic rings. The van der Waals surface area contributed by atoms with Gasteiger partial charge in [0.15, 0.2) is 5.82 Å². The summed E-state index contributed by atoms with van der Waals surface area (Å²) in [5.41, 5.74) is 1.95. The van der Waals surface area contributed by atoms with Crippen molar-refractivity contribution < 1.29 is 19.2 Å². The van der Waals surface area contributed by atoms with E-state index in [2.05, 4.69) is 10.5 Å². The lowest BCUT2D eigenvalue weighted by Gasteiger charge is -2.13. The van der Waals surface area contributed by atoms with Crippen molar-refractivity contribution in [1.82, 2.24) is 15.0 Å². The van der Waals surface area contributed by atoms with E-state index in [0.717, 1.165) is 5.69 Å². The summed E-state index contributed by atoms with van der Waals surface area (Å²) in [4.78, 5) is 23.6. The van der Waals surface area contributed by atoms with Crippen LogP contribution in [0.1, 0.15) is 47.3 Å². The zero-order valence-electron chi connectivity index (χ0n) is 13.7. The highest BCUT2D eigenvalue weighted by Crippen LogP contribution is 2.21. The minimum Gasteiger partial charge on any atom is -0.480 e. The van der Waals surface area contributed by atoms with E-state index in [1.54, 1.807) is 30.5 Å². The highest BCUT2D eigenvalue weighted by atomic mass is 16.5. The Kier molecular flexibility index (Phi) is 4.88. The highest BCUT2D eigenvalue weighted by Gasteiger charge is 2.23. The molecule has 7 heteroatoms. The van der Waals surface area contributed by atoms with Gasteiger partial charge in [-0.3, -0.25) is 9.36 Å². The molecule has 0 bridgehead atoms. The van der Waals surface area contributed by atoms with Gasteiger partial charge in [0.2, 0.25) is 0 Å². The summed E-state index contributed by atoms with van der Waals surface area (Å²) in [5, 5.41) is 15.7. The summed E-state index contributed by atoms with van der Waals surface area (Å²) in [5.74, 6) is -0.154. The summed E-state index contributed by atoms with van der Waals surface area (Å²) in [6, 6.07) is 2.61. The topological polar surface area (TPSA) is 97.4 Å². The molecule has 1 amide bonds. The Morgan fingerprint density at radius 3 is 2.57 bits per heavy atom. The predicted molar refractivity (Wildman–Crippen MR) is 83.8 cm³/mol. The zero-order chi connectivity index (χ0) is 17.1. The summed E-state index contributed by atoms with van der Waals surface area (Å²) in [6.07, 6.45) is 1.07. The number of aliphatic carboxylic acids is 1. The molecule has 0 aromatic carbocycles. The fourth-order valence-electron chi connectivity index (χ4n) is 2.59. The van der Waals surface area contributed by atoms with Crippen LogP contribution < -0.4 is 5.32 Å². The Hall–Kier alpha value is -2.57. The molecule has 0 spiro atoms. The third-order valence-electron chi connectivity index (χ3n) is 3.70. The molecule has 1 atom stereocenters. The number of carboxylic acid groups (broad SMARTS) is 1. The first-order valence-electron chi connectivity index (χ1n) is 7.51. The third-order valence-corrected chi connectivity index (χ3v) is 3.70. The van der Waals surface area contributed by atoms with Crippen LogP contribution in [0.5, 0.6) is 0 Å².